The number of benzene rings is 1. The second-order valence-corrected chi connectivity index (χ2v) is 2.02. The number of rotatable bonds is 1. The van der Waals surface area contributed by atoms with Gasteiger partial charge in [-0.05, 0) is 24.6 Å². The third kappa shape index (κ3) is 4.24. The van der Waals surface area contributed by atoms with Crippen molar-refractivity contribution in [2.24, 2.45) is 0 Å². The van der Waals surface area contributed by atoms with Crippen molar-refractivity contribution < 1.29 is 13.1 Å². The fourth-order valence-corrected chi connectivity index (χ4v) is 0.742. The van der Waals surface area contributed by atoms with Gasteiger partial charge in [0.15, 0.2) is 0 Å². The largest absolute Gasteiger partial charge is 2.00 e. The summed E-state index contributed by atoms with van der Waals surface area (Å²) in [6, 6.07) is 7.96. The number of methoxy groups -OCH3 is 1. The Labute approximate surface area is 86.0 Å². The van der Waals surface area contributed by atoms with Gasteiger partial charge < -0.3 is 13.1 Å². The number of hydrogen-bond acceptors (Lipinski definition) is 1. The minimum absolute atomic E-state index is 0. The zero-order valence-corrected chi connectivity index (χ0v) is 8.34. The van der Waals surface area contributed by atoms with Crippen LogP contribution in [-0.2, 0) is 0 Å². The van der Waals surface area contributed by atoms with Crippen LogP contribution in [-0.4, -0.2) is 35.6 Å². The van der Waals surface area contributed by atoms with Crippen LogP contribution < -0.4 is 4.74 Å². The first-order valence-corrected chi connectivity index (χ1v) is 2.93. The standard InChI is InChI=1S/C8H10O.Mg.H2O.2H/c1-7-4-3-5-8(6-7)9-2;;;;/h3-6H,1-2H3;;1H2;;/q;+2;;2*-1. The molecule has 1 rings (SSSR count). The molecular weight excluding hydrogens is 152 g/mol. The second kappa shape index (κ2) is 6.46. The fourth-order valence-electron chi connectivity index (χ4n) is 0.742. The molecule has 0 unspecified atom stereocenters. The maximum Gasteiger partial charge on any atom is 2.00 e. The zero-order valence-electron chi connectivity index (χ0n) is 8.92. The molecule has 0 amide bonds. The van der Waals surface area contributed by atoms with E-state index in [1.54, 1.807) is 7.11 Å². The molecule has 0 atom stereocenters. The fraction of sp³-hybridized carbons (Fsp3) is 0.250. The van der Waals surface area contributed by atoms with Gasteiger partial charge >= 0.3 is 23.1 Å². The molecule has 0 fully saturated rings. The predicted molar refractivity (Wildman–Crippen MR) is 49.3 cm³/mol. The van der Waals surface area contributed by atoms with Crippen molar-refractivity contribution in [1.82, 2.24) is 0 Å². The van der Waals surface area contributed by atoms with E-state index in [1.165, 1.54) is 5.56 Å². The molecule has 0 aliphatic heterocycles. The van der Waals surface area contributed by atoms with Crippen molar-refractivity contribution in [3.05, 3.63) is 29.8 Å². The molecule has 0 saturated carbocycles. The van der Waals surface area contributed by atoms with E-state index >= 15 is 0 Å². The van der Waals surface area contributed by atoms with Crippen molar-refractivity contribution in [2.75, 3.05) is 7.11 Å². The van der Waals surface area contributed by atoms with Crippen LogP contribution in [0.25, 0.3) is 0 Å². The Kier molecular flexibility index (Phi) is 7.83. The molecule has 0 aliphatic carbocycles. The Morgan fingerprint density at radius 1 is 1.36 bits per heavy atom. The molecule has 2 nitrogen and oxygen atoms in total. The van der Waals surface area contributed by atoms with E-state index in [1.807, 2.05) is 31.2 Å². The quantitative estimate of drug-likeness (QED) is 0.575. The van der Waals surface area contributed by atoms with E-state index in [9.17, 15) is 0 Å². The van der Waals surface area contributed by atoms with Gasteiger partial charge in [-0.3, -0.25) is 0 Å². The third-order valence-electron chi connectivity index (χ3n) is 1.23. The summed E-state index contributed by atoms with van der Waals surface area (Å²) in [5, 5.41) is 0. The number of aryl methyl sites for hydroxylation is 1. The van der Waals surface area contributed by atoms with Gasteiger partial charge in [0, 0.05) is 0 Å². The van der Waals surface area contributed by atoms with Crippen LogP contribution in [0.4, 0.5) is 0 Å². The maximum absolute atomic E-state index is 5.00. The molecule has 0 spiro atoms. The molecule has 0 saturated heterocycles. The molecule has 0 aliphatic rings. The summed E-state index contributed by atoms with van der Waals surface area (Å²) in [6.07, 6.45) is 0. The smallest absolute Gasteiger partial charge is 1.00 e. The number of ether oxygens (including phenoxy) is 1. The van der Waals surface area contributed by atoms with Gasteiger partial charge in [0.2, 0.25) is 0 Å². The van der Waals surface area contributed by atoms with Crippen molar-refractivity contribution in [1.29, 1.82) is 0 Å². The first kappa shape index (κ1) is 13.3. The average Bonchev–Trinajstić information content (AvgIpc) is 1.88. The Hall–Kier alpha value is -0.254. The topological polar surface area (TPSA) is 40.7 Å². The summed E-state index contributed by atoms with van der Waals surface area (Å²) in [5.41, 5.74) is 1.23. The molecule has 3 heteroatoms. The summed E-state index contributed by atoms with van der Waals surface area (Å²) < 4.78 is 5.00. The van der Waals surface area contributed by atoms with Gasteiger partial charge in [0.1, 0.15) is 5.75 Å². The summed E-state index contributed by atoms with van der Waals surface area (Å²) in [7, 11) is 1.68. The van der Waals surface area contributed by atoms with Crippen LogP contribution in [0.15, 0.2) is 24.3 Å². The van der Waals surface area contributed by atoms with Gasteiger partial charge in [0.05, 0.1) is 7.11 Å². The number of hydrogen-bond donors (Lipinski definition) is 0. The Balaban J connectivity index is -0.000000101. The summed E-state index contributed by atoms with van der Waals surface area (Å²) in [6.45, 7) is 2.04. The van der Waals surface area contributed by atoms with E-state index in [0.29, 0.717) is 0 Å². The SMILES string of the molecule is COc1cccc(C)c1.O.[H-].[H-].[Mg+2]. The first-order valence-electron chi connectivity index (χ1n) is 2.93. The van der Waals surface area contributed by atoms with Crippen molar-refractivity contribution >= 4 is 23.1 Å². The Bertz CT molecular complexity index is 209. The van der Waals surface area contributed by atoms with Gasteiger partial charge in [-0.25, -0.2) is 0 Å². The van der Waals surface area contributed by atoms with Crippen LogP contribution in [0.1, 0.15) is 8.42 Å². The molecule has 0 radical (unpaired) electrons. The molecule has 11 heavy (non-hydrogen) atoms. The normalized spacial score (nSPS) is 7.45. The Morgan fingerprint density at radius 2 is 2.00 bits per heavy atom. The zero-order chi connectivity index (χ0) is 6.69. The van der Waals surface area contributed by atoms with Gasteiger partial charge in [-0.15, -0.1) is 0 Å². The van der Waals surface area contributed by atoms with Crippen molar-refractivity contribution in [2.45, 2.75) is 6.92 Å². The van der Waals surface area contributed by atoms with E-state index in [0.717, 1.165) is 5.75 Å². The van der Waals surface area contributed by atoms with Crippen LogP contribution >= 0.6 is 0 Å². The molecule has 2 N–H and O–H groups in total. The van der Waals surface area contributed by atoms with Crippen molar-refractivity contribution in [3.8, 4) is 5.75 Å². The minimum Gasteiger partial charge on any atom is -1.00 e. The predicted octanol–water partition coefficient (Wildman–Crippen LogP) is 1.02. The minimum atomic E-state index is 0. The van der Waals surface area contributed by atoms with Gasteiger partial charge in [0.25, 0.3) is 0 Å². The maximum atomic E-state index is 5.00. The third-order valence-corrected chi connectivity index (χ3v) is 1.23. The van der Waals surface area contributed by atoms with E-state index in [-0.39, 0.29) is 31.4 Å². The van der Waals surface area contributed by atoms with Crippen LogP contribution in [0.2, 0.25) is 0 Å². The Morgan fingerprint density at radius 3 is 2.36 bits per heavy atom. The second-order valence-electron chi connectivity index (χ2n) is 2.02. The summed E-state index contributed by atoms with van der Waals surface area (Å²) >= 11 is 0. The van der Waals surface area contributed by atoms with Gasteiger partial charge in [-0.1, -0.05) is 12.1 Å². The summed E-state index contributed by atoms with van der Waals surface area (Å²) in [5.74, 6) is 0.926. The van der Waals surface area contributed by atoms with Crippen LogP contribution in [0, 0.1) is 6.92 Å². The van der Waals surface area contributed by atoms with E-state index < -0.39 is 0 Å². The van der Waals surface area contributed by atoms with Crippen molar-refractivity contribution in [3.63, 3.8) is 0 Å². The van der Waals surface area contributed by atoms with Crippen LogP contribution in [0.3, 0.4) is 0 Å². The molecule has 1 aromatic carbocycles. The summed E-state index contributed by atoms with van der Waals surface area (Å²) in [4.78, 5) is 0. The molecule has 60 valence electrons. The molecule has 0 bridgehead atoms. The molecule has 1 aromatic rings. The van der Waals surface area contributed by atoms with E-state index in [2.05, 4.69) is 0 Å². The van der Waals surface area contributed by atoms with Crippen LogP contribution in [0.5, 0.6) is 5.75 Å². The molecule has 0 aromatic heterocycles. The monoisotopic (exact) mass is 166 g/mol. The first-order chi connectivity index (χ1) is 4.33. The van der Waals surface area contributed by atoms with Gasteiger partial charge in [-0.2, -0.15) is 0 Å². The average molecular weight is 167 g/mol. The van der Waals surface area contributed by atoms with E-state index in [4.69, 9.17) is 4.74 Å². The molecule has 0 heterocycles. The molecular formula is C8H14MgO2.